The van der Waals surface area contributed by atoms with Crippen molar-refractivity contribution < 1.29 is 14.6 Å². The number of aromatic amines is 1. The van der Waals surface area contributed by atoms with Crippen LogP contribution in [0.25, 0.3) is 0 Å². The third-order valence-electron chi connectivity index (χ3n) is 5.81. The number of aryl methyl sites for hydroxylation is 2. The molecular formula is C20H31N3O4. The van der Waals surface area contributed by atoms with Gasteiger partial charge in [-0.15, -0.1) is 0 Å². The number of aliphatic hydroxyl groups excluding tert-OH is 1. The molecule has 0 aliphatic carbocycles. The fourth-order valence-corrected chi connectivity index (χ4v) is 4.34. The summed E-state index contributed by atoms with van der Waals surface area (Å²) in [5.41, 5.74) is 1.51. The topological polar surface area (TPSA) is 85.9 Å². The van der Waals surface area contributed by atoms with Crippen molar-refractivity contribution in [3.8, 4) is 0 Å². The van der Waals surface area contributed by atoms with Crippen molar-refractivity contribution in [3.63, 3.8) is 0 Å². The van der Waals surface area contributed by atoms with E-state index in [9.17, 15) is 14.7 Å². The average Bonchev–Trinajstić information content (AvgIpc) is 2.99. The van der Waals surface area contributed by atoms with Crippen molar-refractivity contribution in [2.75, 3.05) is 39.3 Å². The lowest BCUT2D eigenvalue weighted by molar-refractivity contribution is -0.0726. The molecule has 0 unspecified atom stereocenters. The second-order valence-corrected chi connectivity index (χ2v) is 8.21. The Bertz CT molecular complexity index is 737. The molecule has 4 atom stereocenters. The Labute approximate surface area is 160 Å². The van der Waals surface area contributed by atoms with E-state index < -0.39 is 0 Å². The number of morpholine rings is 1. The Morgan fingerprint density at radius 3 is 2.44 bits per heavy atom. The average molecular weight is 377 g/mol. The lowest BCUT2D eigenvalue weighted by Crippen LogP contribution is -2.48. The summed E-state index contributed by atoms with van der Waals surface area (Å²) in [7, 11) is 0. The molecule has 3 rings (SSSR count). The molecule has 2 N–H and O–H groups in total. The molecule has 0 bridgehead atoms. The minimum absolute atomic E-state index is 0.0352. The first kappa shape index (κ1) is 20.0. The molecule has 7 nitrogen and oxygen atoms in total. The molecule has 2 saturated heterocycles. The van der Waals surface area contributed by atoms with Crippen LogP contribution < -0.4 is 5.56 Å². The summed E-state index contributed by atoms with van der Waals surface area (Å²) in [5.74, 6) is -0.0147. The maximum Gasteiger partial charge on any atom is 0.261 e. The number of nitrogens with one attached hydrogen (secondary N) is 1. The smallest absolute Gasteiger partial charge is 0.261 e. The first-order valence-corrected chi connectivity index (χ1v) is 9.77. The molecule has 2 fully saturated rings. The highest BCUT2D eigenvalue weighted by molar-refractivity contribution is 5.94. The molecule has 0 radical (unpaired) electrons. The van der Waals surface area contributed by atoms with Crippen molar-refractivity contribution in [2.45, 2.75) is 39.9 Å². The maximum absolute atomic E-state index is 12.9. The van der Waals surface area contributed by atoms with Gasteiger partial charge in [-0.1, -0.05) is 0 Å². The Balaban J connectivity index is 1.71. The molecule has 7 heteroatoms. The van der Waals surface area contributed by atoms with Crippen LogP contribution in [-0.4, -0.2) is 77.3 Å². The van der Waals surface area contributed by atoms with E-state index in [1.807, 2.05) is 13.8 Å². The Morgan fingerprint density at radius 1 is 1.19 bits per heavy atom. The van der Waals surface area contributed by atoms with Gasteiger partial charge in [0.15, 0.2) is 0 Å². The number of H-pyrrole nitrogens is 1. The van der Waals surface area contributed by atoms with Gasteiger partial charge in [0, 0.05) is 50.9 Å². The van der Waals surface area contributed by atoms with E-state index in [-0.39, 0.29) is 47.7 Å². The fourth-order valence-electron chi connectivity index (χ4n) is 4.34. The number of likely N-dealkylation sites (tertiary alicyclic amines) is 1. The number of ether oxygens (including phenoxy) is 1. The molecule has 1 aromatic rings. The van der Waals surface area contributed by atoms with E-state index in [1.54, 1.807) is 11.0 Å². The molecule has 27 heavy (non-hydrogen) atoms. The van der Waals surface area contributed by atoms with Crippen LogP contribution in [0.2, 0.25) is 0 Å². The highest BCUT2D eigenvalue weighted by atomic mass is 16.5. The van der Waals surface area contributed by atoms with Gasteiger partial charge in [-0.25, -0.2) is 0 Å². The molecule has 2 aliphatic heterocycles. The number of carbonyl (C=O) groups excluding carboxylic acids is 1. The quantitative estimate of drug-likeness (QED) is 0.810. The van der Waals surface area contributed by atoms with Gasteiger partial charge in [0.2, 0.25) is 0 Å². The Kier molecular flexibility index (Phi) is 6.03. The third kappa shape index (κ3) is 4.42. The zero-order chi connectivity index (χ0) is 19.7. The van der Waals surface area contributed by atoms with E-state index in [1.165, 1.54) is 0 Å². The number of amides is 1. The normalized spacial score (nSPS) is 29.3. The number of pyridine rings is 1. The highest BCUT2D eigenvalue weighted by Gasteiger charge is 2.37. The fraction of sp³-hybridized carbons (Fsp3) is 0.700. The van der Waals surface area contributed by atoms with Gasteiger partial charge in [0.1, 0.15) is 5.56 Å². The number of carbonyl (C=O) groups is 1. The van der Waals surface area contributed by atoms with E-state index in [2.05, 4.69) is 23.7 Å². The lowest BCUT2D eigenvalue weighted by Gasteiger charge is -2.37. The standard InChI is InChI=1S/C20H31N3O4/c1-12-5-18(19(25)21-15(12)4)20(26)23-9-16(17(10-23)11-24)8-22-6-13(2)27-14(3)7-22/h5,13-14,16-17,24H,6-11H2,1-4H3,(H,21,25)/t13-,14+,16-,17-/m1/s1. The lowest BCUT2D eigenvalue weighted by atomic mass is 9.96. The third-order valence-corrected chi connectivity index (χ3v) is 5.81. The molecule has 2 aliphatic rings. The van der Waals surface area contributed by atoms with Gasteiger partial charge >= 0.3 is 0 Å². The first-order valence-electron chi connectivity index (χ1n) is 9.77. The minimum Gasteiger partial charge on any atom is -0.396 e. The largest absolute Gasteiger partial charge is 0.396 e. The van der Waals surface area contributed by atoms with Gasteiger partial charge < -0.3 is 19.7 Å². The van der Waals surface area contributed by atoms with Crippen molar-refractivity contribution >= 4 is 5.91 Å². The second-order valence-electron chi connectivity index (χ2n) is 8.21. The zero-order valence-corrected chi connectivity index (χ0v) is 16.7. The Morgan fingerprint density at radius 2 is 1.81 bits per heavy atom. The van der Waals surface area contributed by atoms with Crippen LogP contribution in [0.4, 0.5) is 0 Å². The van der Waals surface area contributed by atoms with E-state index in [0.717, 1.165) is 30.9 Å². The van der Waals surface area contributed by atoms with Crippen LogP contribution in [0.5, 0.6) is 0 Å². The molecule has 1 aromatic heterocycles. The molecule has 0 saturated carbocycles. The number of hydrogen-bond donors (Lipinski definition) is 2. The number of aromatic nitrogens is 1. The number of nitrogens with zero attached hydrogens (tertiary/aromatic N) is 2. The van der Waals surface area contributed by atoms with Crippen molar-refractivity contribution in [1.29, 1.82) is 0 Å². The Hall–Kier alpha value is -1.70. The summed E-state index contributed by atoms with van der Waals surface area (Å²) >= 11 is 0. The van der Waals surface area contributed by atoms with Crippen LogP contribution in [0, 0.1) is 25.7 Å². The van der Waals surface area contributed by atoms with Crippen LogP contribution in [0.15, 0.2) is 10.9 Å². The summed E-state index contributed by atoms with van der Waals surface area (Å²) in [6.07, 6.45) is 0.379. The van der Waals surface area contributed by atoms with Crippen molar-refractivity contribution in [1.82, 2.24) is 14.8 Å². The molecular weight excluding hydrogens is 346 g/mol. The zero-order valence-electron chi connectivity index (χ0n) is 16.7. The van der Waals surface area contributed by atoms with E-state index in [4.69, 9.17) is 4.74 Å². The molecule has 1 amide bonds. The molecule has 150 valence electrons. The second kappa shape index (κ2) is 8.12. The SMILES string of the molecule is Cc1cc(C(=O)N2C[C@@H](CN3C[C@@H](C)O[C@@H](C)C3)[C@@H](CO)C2)c(=O)[nH]c1C. The van der Waals surface area contributed by atoms with Crippen LogP contribution >= 0.6 is 0 Å². The van der Waals surface area contributed by atoms with Crippen LogP contribution in [-0.2, 0) is 4.74 Å². The van der Waals surface area contributed by atoms with E-state index in [0.29, 0.717) is 13.1 Å². The van der Waals surface area contributed by atoms with Crippen LogP contribution in [0.1, 0.15) is 35.5 Å². The summed E-state index contributed by atoms with van der Waals surface area (Å²) in [5, 5.41) is 9.83. The van der Waals surface area contributed by atoms with Gasteiger partial charge in [-0.3, -0.25) is 14.5 Å². The minimum atomic E-state index is -0.345. The van der Waals surface area contributed by atoms with Gasteiger partial charge in [0.05, 0.1) is 12.2 Å². The molecule has 0 spiro atoms. The first-order chi connectivity index (χ1) is 12.8. The number of rotatable bonds is 4. The summed E-state index contributed by atoms with van der Waals surface area (Å²) in [6.45, 7) is 11.5. The van der Waals surface area contributed by atoms with Crippen molar-refractivity contribution in [3.05, 3.63) is 33.2 Å². The maximum atomic E-state index is 12.9. The highest BCUT2D eigenvalue weighted by Crippen LogP contribution is 2.26. The summed E-state index contributed by atoms with van der Waals surface area (Å²) in [6, 6.07) is 1.67. The monoisotopic (exact) mass is 377 g/mol. The summed E-state index contributed by atoms with van der Waals surface area (Å²) < 4.78 is 5.79. The number of aliphatic hydroxyl groups is 1. The van der Waals surface area contributed by atoms with Gasteiger partial charge in [0.25, 0.3) is 11.5 Å². The molecule has 3 heterocycles. The predicted molar refractivity (Wildman–Crippen MR) is 103 cm³/mol. The van der Waals surface area contributed by atoms with Crippen molar-refractivity contribution in [2.24, 2.45) is 11.8 Å². The predicted octanol–water partition coefficient (Wildman–Crippen LogP) is 0.781. The van der Waals surface area contributed by atoms with Gasteiger partial charge in [-0.05, 0) is 45.2 Å². The number of hydrogen-bond acceptors (Lipinski definition) is 5. The van der Waals surface area contributed by atoms with Crippen LogP contribution in [0.3, 0.4) is 0 Å². The molecule has 0 aromatic carbocycles. The van der Waals surface area contributed by atoms with Gasteiger partial charge in [-0.2, -0.15) is 0 Å². The summed E-state index contributed by atoms with van der Waals surface area (Å²) in [4.78, 5) is 32.0. The van der Waals surface area contributed by atoms with E-state index >= 15 is 0 Å².